The Balaban J connectivity index is 1.87. The van der Waals surface area contributed by atoms with E-state index < -0.39 is 12.1 Å². The first-order chi connectivity index (χ1) is 14.5. The van der Waals surface area contributed by atoms with Crippen LogP contribution in [0.3, 0.4) is 0 Å². The van der Waals surface area contributed by atoms with Crippen molar-refractivity contribution in [3.05, 3.63) is 53.1 Å². The van der Waals surface area contributed by atoms with Crippen LogP contribution in [-0.4, -0.2) is 33.5 Å². The van der Waals surface area contributed by atoms with Crippen LogP contribution in [0.2, 0.25) is 0 Å². The maximum absolute atomic E-state index is 11.7. The van der Waals surface area contributed by atoms with Crippen LogP contribution in [0.1, 0.15) is 59.5 Å². The topological polar surface area (TPSA) is 71.7 Å². The third kappa shape index (κ3) is 3.08. The molecule has 3 aromatic rings. The monoisotopic (exact) mass is 405 g/mol. The summed E-state index contributed by atoms with van der Waals surface area (Å²) in [6, 6.07) is 11.6. The molecule has 2 heterocycles. The Hall–Kier alpha value is -2.79. The standard InChI is InChI=1S/C25H27NO4/c1-15-6-5-9-20-23-22(16-7-3-2-4-8-16)19-11-10-17(25(28)29)12-21(19)26(23)13-18(27)14-30-24(15)20/h5-6,9-12,16,18,27H,2-4,7-8,13-14H2,1H3,(H,28,29)/t18-/m0/s1. The van der Waals surface area contributed by atoms with Crippen molar-refractivity contribution in [1.29, 1.82) is 0 Å². The number of ether oxygens (including phenoxy) is 1. The van der Waals surface area contributed by atoms with Crippen LogP contribution in [0.25, 0.3) is 22.2 Å². The van der Waals surface area contributed by atoms with Crippen LogP contribution < -0.4 is 4.74 Å². The van der Waals surface area contributed by atoms with Crippen molar-refractivity contribution in [2.75, 3.05) is 6.61 Å². The Morgan fingerprint density at radius 2 is 1.93 bits per heavy atom. The van der Waals surface area contributed by atoms with Crippen LogP contribution in [0.5, 0.6) is 5.75 Å². The molecular formula is C25H27NO4. The number of benzene rings is 2. The third-order valence-corrected chi connectivity index (χ3v) is 6.64. The summed E-state index contributed by atoms with van der Waals surface area (Å²) < 4.78 is 8.21. The van der Waals surface area contributed by atoms with Gasteiger partial charge in [0.15, 0.2) is 0 Å². The molecule has 1 aliphatic carbocycles. The van der Waals surface area contributed by atoms with Crippen molar-refractivity contribution in [1.82, 2.24) is 4.57 Å². The van der Waals surface area contributed by atoms with E-state index in [0.717, 1.165) is 46.3 Å². The second-order valence-corrected chi connectivity index (χ2v) is 8.66. The minimum atomic E-state index is -0.933. The highest BCUT2D eigenvalue weighted by Gasteiger charge is 2.30. The van der Waals surface area contributed by atoms with Crippen molar-refractivity contribution in [3.63, 3.8) is 0 Å². The number of aliphatic hydroxyl groups excluding tert-OH is 1. The van der Waals surface area contributed by atoms with Gasteiger partial charge in [-0.1, -0.05) is 37.5 Å². The third-order valence-electron chi connectivity index (χ3n) is 6.64. The van der Waals surface area contributed by atoms with Gasteiger partial charge in [0, 0.05) is 16.5 Å². The van der Waals surface area contributed by atoms with Gasteiger partial charge in [0.25, 0.3) is 0 Å². The first-order valence-electron chi connectivity index (χ1n) is 10.8. The van der Waals surface area contributed by atoms with Crippen LogP contribution in [0, 0.1) is 6.92 Å². The molecule has 1 aromatic heterocycles. The molecule has 2 aromatic carbocycles. The summed E-state index contributed by atoms with van der Waals surface area (Å²) in [5, 5.41) is 21.3. The molecule has 5 heteroatoms. The Bertz CT molecular complexity index is 1120. The van der Waals surface area contributed by atoms with Gasteiger partial charge in [-0.25, -0.2) is 4.79 Å². The van der Waals surface area contributed by atoms with E-state index in [2.05, 4.69) is 10.6 Å². The zero-order valence-corrected chi connectivity index (χ0v) is 17.2. The molecule has 5 rings (SSSR count). The molecule has 1 atom stereocenters. The highest BCUT2D eigenvalue weighted by molar-refractivity contribution is 5.98. The van der Waals surface area contributed by atoms with Crippen molar-refractivity contribution < 1.29 is 19.7 Å². The highest BCUT2D eigenvalue weighted by Crippen LogP contribution is 2.47. The number of hydrogen-bond acceptors (Lipinski definition) is 3. The molecule has 5 nitrogen and oxygen atoms in total. The van der Waals surface area contributed by atoms with Crippen molar-refractivity contribution >= 4 is 16.9 Å². The fraction of sp³-hybridized carbons (Fsp3) is 0.400. The second kappa shape index (κ2) is 7.47. The summed E-state index contributed by atoms with van der Waals surface area (Å²) in [7, 11) is 0. The summed E-state index contributed by atoms with van der Waals surface area (Å²) in [5.41, 5.74) is 5.60. The zero-order valence-electron chi connectivity index (χ0n) is 17.2. The maximum Gasteiger partial charge on any atom is 0.335 e. The summed E-state index contributed by atoms with van der Waals surface area (Å²) in [4.78, 5) is 11.7. The summed E-state index contributed by atoms with van der Waals surface area (Å²) >= 11 is 0. The largest absolute Gasteiger partial charge is 0.490 e. The number of carboxylic acid groups (broad SMARTS) is 1. The SMILES string of the molecule is Cc1cccc2c1OC[C@@H](O)Cn1c-2c(C2CCCCC2)c2ccc(C(=O)O)cc21. The lowest BCUT2D eigenvalue weighted by molar-refractivity contribution is 0.0697. The maximum atomic E-state index is 11.7. The first-order valence-corrected chi connectivity index (χ1v) is 10.8. The number of hydrogen-bond donors (Lipinski definition) is 2. The predicted molar refractivity (Wildman–Crippen MR) is 116 cm³/mol. The number of carbonyl (C=O) groups is 1. The van der Waals surface area contributed by atoms with E-state index in [0.29, 0.717) is 12.5 Å². The molecular weight excluding hydrogens is 378 g/mol. The molecule has 1 fully saturated rings. The van der Waals surface area contributed by atoms with Crippen LogP contribution in [-0.2, 0) is 6.54 Å². The van der Waals surface area contributed by atoms with Crippen LogP contribution in [0.15, 0.2) is 36.4 Å². The number of aliphatic hydroxyl groups is 1. The van der Waals surface area contributed by atoms with Gasteiger partial charge in [-0.05, 0) is 55.0 Å². The fourth-order valence-corrected chi connectivity index (χ4v) is 5.27. The molecule has 0 spiro atoms. The smallest absolute Gasteiger partial charge is 0.335 e. The van der Waals surface area contributed by atoms with Crippen LogP contribution >= 0.6 is 0 Å². The average Bonchev–Trinajstić information content (AvgIpc) is 3.05. The van der Waals surface area contributed by atoms with Gasteiger partial charge in [0.1, 0.15) is 18.5 Å². The predicted octanol–water partition coefficient (Wildman–Crippen LogP) is 5.12. The number of carboxylic acids is 1. The lowest BCUT2D eigenvalue weighted by Crippen LogP contribution is -2.26. The molecule has 0 radical (unpaired) electrons. The van der Waals surface area contributed by atoms with Gasteiger partial charge in [-0.3, -0.25) is 0 Å². The number of fused-ring (bicyclic) bond motifs is 5. The van der Waals surface area contributed by atoms with Gasteiger partial charge >= 0.3 is 5.97 Å². The van der Waals surface area contributed by atoms with Crippen molar-refractivity contribution in [3.8, 4) is 17.0 Å². The van der Waals surface area contributed by atoms with E-state index >= 15 is 0 Å². The van der Waals surface area contributed by atoms with Crippen molar-refractivity contribution in [2.45, 2.75) is 57.6 Å². The van der Waals surface area contributed by atoms with Gasteiger partial charge < -0.3 is 19.5 Å². The molecule has 1 aliphatic heterocycles. The highest BCUT2D eigenvalue weighted by atomic mass is 16.5. The number of aryl methyl sites for hydroxylation is 1. The molecule has 0 saturated heterocycles. The second-order valence-electron chi connectivity index (χ2n) is 8.66. The number of rotatable bonds is 2. The fourth-order valence-electron chi connectivity index (χ4n) is 5.27. The normalized spacial score (nSPS) is 19.5. The minimum Gasteiger partial charge on any atom is -0.490 e. The molecule has 2 aliphatic rings. The van der Waals surface area contributed by atoms with E-state index in [1.54, 1.807) is 12.1 Å². The molecule has 2 N–H and O–H groups in total. The lowest BCUT2D eigenvalue weighted by Gasteiger charge is -2.27. The van der Waals surface area contributed by atoms with Gasteiger partial charge in [0.05, 0.1) is 17.8 Å². The molecule has 30 heavy (non-hydrogen) atoms. The van der Waals surface area contributed by atoms with Gasteiger partial charge in [-0.15, -0.1) is 0 Å². The van der Waals surface area contributed by atoms with E-state index in [1.807, 2.05) is 25.1 Å². The molecule has 0 amide bonds. The number of aromatic carboxylic acids is 1. The lowest BCUT2D eigenvalue weighted by atomic mass is 9.81. The van der Waals surface area contributed by atoms with E-state index in [-0.39, 0.29) is 12.2 Å². The molecule has 0 unspecified atom stereocenters. The van der Waals surface area contributed by atoms with E-state index in [4.69, 9.17) is 4.74 Å². The molecule has 0 bridgehead atoms. The first kappa shape index (κ1) is 19.2. The Morgan fingerprint density at radius 3 is 2.70 bits per heavy atom. The summed E-state index contributed by atoms with van der Waals surface area (Å²) in [6.07, 6.45) is 5.30. The molecule has 1 saturated carbocycles. The van der Waals surface area contributed by atoms with Crippen molar-refractivity contribution in [2.24, 2.45) is 0 Å². The number of aromatic nitrogens is 1. The Kier molecular flexibility index (Phi) is 4.78. The number of para-hydroxylation sites is 1. The Labute approximate surface area is 175 Å². The van der Waals surface area contributed by atoms with Gasteiger partial charge in [0.2, 0.25) is 0 Å². The Morgan fingerprint density at radius 1 is 1.13 bits per heavy atom. The zero-order chi connectivity index (χ0) is 20.8. The van der Waals surface area contributed by atoms with E-state index in [9.17, 15) is 15.0 Å². The molecule has 156 valence electrons. The number of nitrogens with zero attached hydrogens (tertiary/aromatic N) is 1. The summed E-state index contributed by atoms with van der Waals surface area (Å²) in [5.74, 6) is 0.312. The van der Waals surface area contributed by atoms with Crippen LogP contribution in [0.4, 0.5) is 0 Å². The quantitative estimate of drug-likeness (QED) is 0.621. The van der Waals surface area contributed by atoms with Gasteiger partial charge in [-0.2, -0.15) is 0 Å². The minimum absolute atomic E-state index is 0.217. The summed E-state index contributed by atoms with van der Waals surface area (Å²) in [6.45, 7) is 2.63. The van der Waals surface area contributed by atoms with E-state index in [1.165, 1.54) is 24.8 Å². The average molecular weight is 405 g/mol.